The van der Waals surface area contributed by atoms with Crippen molar-refractivity contribution in [1.82, 2.24) is 0 Å². The van der Waals surface area contributed by atoms with Crippen molar-refractivity contribution >= 4 is 5.78 Å². The summed E-state index contributed by atoms with van der Waals surface area (Å²) in [5, 5.41) is 9.23. The zero-order valence-corrected chi connectivity index (χ0v) is 17.0. The summed E-state index contributed by atoms with van der Waals surface area (Å²) in [6.45, 7) is 2.37. The third-order valence-corrected chi connectivity index (χ3v) is 6.31. The number of rotatable bonds is 6. The van der Waals surface area contributed by atoms with Crippen molar-refractivity contribution in [3.05, 3.63) is 82.9 Å². The predicted molar refractivity (Wildman–Crippen MR) is 117 cm³/mol. The highest BCUT2D eigenvalue weighted by Crippen LogP contribution is 2.51. The van der Waals surface area contributed by atoms with Crippen molar-refractivity contribution in [1.29, 1.82) is 0 Å². The Labute approximate surface area is 177 Å². The molecule has 0 saturated heterocycles. The van der Waals surface area contributed by atoms with Crippen LogP contribution in [0.4, 0.5) is 0 Å². The van der Waals surface area contributed by atoms with E-state index in [1.165, 1.54) is 0 Å². The van der Waals surface area contributed by atoms with Crippen LogP contribution in [0, 0.1) is 6.92 Å². The van der Waals surface area contributed by atoms with E-state index in [0.29, 0.717) is 6.42 Å². The summed E-state index contributed by atoms with van der Waals surface area (Å²) in [5.74, 6) is 1.75. The third kappa shape index (κ3) is 3.27. The van der Waals surface area contributed by atoms with Crippen LogP contribution in [0.2, 0.25) is 0 Å². The molecule has 2 aliphatic rings. The molecule has 4 nitrogen and oxygen atoms in total. The molecule has 1 heterocycles. The summed E-state index contributed by atoms with van der Waals surface area (Å²) in [6.07, 6.45) is 2.21. The summed E-state index contributed by atoms with van der Waals surface area (Å²) in [4.78, 5) is 13.2. The van der Waals surface area contributed by atoms with E-state index >= 15 is 0 Å². The first-order chi connectivity index (χ1) is 14.6. The number of hydrogen-bond donors (Lipinski definition) is 1. The second-order valence-electron chi connectivity index (χ2n) is 8.25. The van der Waals surface area contributed by atoms with E-state index in [1.54, 1.807) is 0 Å². The van der Waals surface area contributed by atoms with E-state index in [-0.39, 0.29) is 26.0 Å². The Morgan fingerprint density at radius 3 is 2.40 bits per heavy atom. The van der Waals surface area contributed by atoms with Crippen LogP contribution >= 0.6 is 0 Å². The first kappa shape index (κ1) is 18.9. The molecule has 0 aromatic heterocycles. The van der Waals surface area contributed by atoms with Gasteiger partial charge in [0.1, 0.15) is 5.78 Å². The second-order valence-corrected chi connectivity index (χ2v) is 8.25. The number of hydrogen-bond acceptors (Lipinski definition) is 4. The van der Waals surface area contributed by atoms with Crippen LogP contribution in [-0.2, 0) is 23.2 Å². The Balaban J connectivity index is 0.00000231. The minimum atomic E-state index is -0.381. The number of Topliss-reactive ketones (excluding diaryl/α,β-unsaturated/α-hetero) is 1. The summed E-state index contributed by atoms with van der Waals surface area (Å²) >= 11 is 0. The lowest BCUT2D eigenvalue weighted by Crippen LogP contribution is -2.22. The van der Waals surface area contributed by atoms with Crippen molar-refractivity contribution in [3.63, 3.8) is 0 Å². The molecule has 5 rings (SSSR count). The van der Waals surface area contributed by atoms with Gasteiger partial charge in [0.2, 0.25) is 6.79 Å². The molecule has 0 bridgehead atoms. The Kier molecular flexibility index (Phi) is 4.59. The number of benzene rings is 3. The zero-order valence-electron chi connectivity index (χ0n) is 17.0. The molecule has 1 aliphatic carbocycles. The molecule has 0 atom stereocenters. The van der Waals surface area contributed by atoms with E-state index in [2.05, 4.69) is 25.1 Å². The number of ketones is 1. The van der Waals surface area contributed by atoms with E-state index in [9.17, 15) is 9.90 Å². The molecule has 3 aromatic carbocycles. The fourth-order valence-corrected chi connectivity index (χ4v) is 4.35. The van der Waals surface area contributed by atoms with Gasteiger partial charge in [-0.2, -0.15) is 0 Å². The van der Waals surface area contributed by atoms with Crippen LogP contribution in [-0.4, -0.2) is 17.7 Å². The summed E-state index contributed by atoms with van der Waals surface area (Å²) in [5.41, 5.74) is 6.00. The maximum atomic E-state index is 13.2. The Bertz CT molecular complexity index is 1120. The van der Waals surface area contributed by atoms with Gasteiger partial charge in [0, 0.05) is 7.85 Å². The predicted octanol–water partition coefficient (Wildman–Crippen LogP) is 4.97. The largest absolute Gasteiger partial charge is 0.454 e. The van der Waals surface area contributed by atoms with Crippen molar-refractivity contribution in [3.8, 4) is 22.6 Å². The molecule has 0 amide bonds. The van der Waals surface area contributed by atoms with Gasteiger partial charge >= 0.3 is 0 Å². The van der Waals surface area contributed by atoms with Crippen LogP contribution in [0.1, 0.15) is 36.5 Å². The van der Waals surface area contributed by atoms with Gasteiger partial charge in [-0.3, -0.25) is 4.79 Å². The molecular formula is C26H26O4. The highest BCUT2D eigenvalue weighted by Gasteiger charge is 2.50. The van der Waals surface area contributed by atoms with Crippen LogP contribution in [0.3, 0.4) is 0 Å². The molecule has 1 saturated carbocycles. The van der Waals surface area contributed by atoms with E-state index < -0.39 is 0 Å². The van der Waals surface area contributed by atoms with Crippen LogP contribution in [0.5, 0.6) is 11.5 Å². The molecule has 154 valence electrons. The third-order valence-electron chi connectivity index (χ3n) is 6.31. The molecule has 0 spiro atoms. The first-order valence-electron chi connectivity index (χ1n) is 10.3. The molecule has 0 radical (unpaired) electrons. The molecule has 0 unspecified atom stereocenters. The van der Waals surface area contributed by atoms with Gasteiger partial charge in [-0.25, -0.2) is 0 Å². The van der Waals surface area contributed by atoms with Gasteiger partial charge in [0.05, 0.1) is 12.0 Å². The topological polar surface area (TPSA) is 55.8 Å². The first-order valence-corrected chi connectivity index (χ1v) is 10.3. The molecule has 1 N–H and O–H groups in total. The van der Waals surface area contributed by atoms with Crippen LogP contribution in [0.25, 0.3) is 11.1 Å². The second kappa shape index (κ2) is 7.29. The minimum absolute atomic E-state index is 0. The van der Waals surface area contributed by atoms with Crippen molar-refractivity contribution < 1.29 is 20.8 Å². The van der Waals surface area contributed by atoms with E-state index in [0.717, 1.165) is 57.7 Å². The molecule has 4 heteroatoms. The van der Waals surface area contributed by atoms with Crippen molar-refractivity contribution in [2.45, 2.75) is 38.2 Å². The monoisotopic (exact) mass is 402 g/mol. The molecule has 1 fully saturated rings. The summed E-state index contributed by atoms with van der Waals surface area (Å²) in [6, 6.07) is 20.1. The van der Waals surface area contributed by atoms with Crippen LogP contribution < -0.4 is 9.47 Å². The lowest BCUT2D eigenvalue weighted by atomic mass is 9.87. The van der Waals surface area contributed by atoms with Gasteiger partial charge in [-0.1, -0.05) is 48.5 Å². The number of ether oxygens (including phenoxy) is 2. The van der Waals surface area contributed by atoms with E-state index in [4.69, 9.17) is 9.47 Å². The number of aliphatic hydroxyl groups is 1. The summed E-state index contributed by atoms with van der Waals surface area (Å²) in [7, 11) is 0. The quantitative estimate of drug-likeness (QED) is 0.632. The maximum absolute atomic E-state index is 13.2. The number of fused-ring (bicyclic) bond motifs is 1. The molecule has 1 aliphatic heterocycles. The maximum Gasteiger partial charge on any atom is 0.231 e. The Morgan fingerprint density at radius 1 is 0.967 bits per heavy atom. The smallest absolute Gasteiger partial charge is 0.231 e. The molecule has 3 aromatic rings. The average molecular weight is 402 g/mol. The van der Waals surface area contributed by atoms with Gasteiger partial charge in [0.25, 0.3) is 0 Å². The lowest BCUT2D eigenvalue weighted by Gasteiger charge is -2.16. The fourth-order valence-electron chi connectivity index (χ4n) is 4.35. The van der Waals surface area contributed by atoms with Crippen molar-refractivity contribution in [2.24, 2.45) is 0 Å². The average Bonchev–Trinajstić information content (AvgIpc) is 3.45. The standard InChI is InChI=1S/C26H24O4.H2/c1-17-12-19(4-8-22(17)20-5-2-18(15-27)3-6-20)13-25(28)26(10-11-26)21-7-9-23-24(14-21)30-16-29-23;/h2-9,12,14,27H,10-11,13,15-16H2,1H3;1H. The number of aryl methyl sites for hydroxylation is 1. The van der Waals surface area contributed by atoms with E-state index in [1.807, 2.05) is 42.5 Å². The van der Waals surface area contributed by atoms with Gasteiger partial charge in [-0.05, 0) is 65.3 Å². The minimum Gasteiger partial charge on any atom is -0.454 e. The van der Waals surface area contributed by atoms with Gasteiger partial charge < -0.3 is 14.6 Å². The van der Waals surface area contributed by atoms with Gasteiger partial charge in [-0.15, -0.1) is 0 Å². The highest BCUT2D eigenvalue weighted by molar-refractivity contribution is 5.95. The van der Waals surface area contributed by atoms with Gasteiger partial charge in [0.15, 0.2) is 11.5 Å². The number of aliphatic hydroxyl groups excluding tert-OH is 1. The summed E-state index contributed by atoms with van der Waals surface area (Å²) < 4.78 is 10.9. The number of carbonyl (C=O) groups excluding carboxylic acids is 1. The zero-order chi connectivity index (χ0) is 20.7. The van der Waals surface area contributed by atoms with Crippen LogP contribution in [0.15, 0.2) is 60.7 Å². The Hall–Kier alpha value is -3.11. The normalized spacial score (nSPS) is 15.8. The highest BCUT2D eigenvalue weighted by atomic mass is 16.7. The molecular weight excluding hydrogens is 376 g/mol. The van der Waals surface area contributed by atoms with Crippen molar-refractivity contribution in [2.75, 3.05) is 6.79 Å². The SMILES string of the molecule is Cc1cc(CC(=O)C2(c3ccc4c(c3)OCO4)CC2)ccc1-c1ccc(CO)cc1.[HH]. The lowest BCUT2D eigenvalue weighted by molar-refractivity contribution is -0.120. The Morgan fingerprint density at radius 2 is 1.70 bits per heavy atom. The number of carbonyl (C=O) groups is 1. The molecule has 30 heavy (non-hydrogen) atoms. The fraction of sp³-hybridized carbons (Fsp3) is 0.269.